The van der Waals surface area contributed by atoms with Crippen LogP contribution in [-0.4, -0.2) is 52.7 Å². The number of piperazine rings is 1. The van der Waals surface area contributed by atoms with E-state index in [0.717, 1.165) is 31.9 Å². The fraction of sp³-hybridized carbons (Fsp3) is 0.240. The van der Waals surface area contributed by atoms with Crippen LogP contribution in [0.25, 0.3) is 22.2 Å². The van der Waals surface area contributed by atoms with Crippen LogP contribution < -0.4 is 15.6 Å². The summed E-state index contributed by atoms with van der Waals surface area (Å²) >= 11 is 12.7. The van der Waals surface area contributed by atoms with Crippen molar-refractivity contribution in [3.63, 3.8) is 0 Å². The van der Waals surface area contributed by atoms with Crippen molar-refractivity contribution in [2.24, 2.45) is 7.05 Å². The van der Waals surface area contributed by atoms with Gasteiger partial charge in [-0.15, -0.1) is 0 Å². The number of fused-ring (bicyclic) bond motifs is 1. The number of aryl methyl sites for hydroxylation is 1. The molecule has 7 nitrogen and oxygen atoms in total. The zero-order valence-electron chi connectivity index (χ0n) is 18.9. The van der Waals surface area contributed by atoms with E-state index in [1.165, 1.54) is 5.69 Å². The molecule has 0 spiro atoms. The maximum Gasteiger partial charge on any atom is 0.229 e. The third-order valence-electron chi connectivity index (χ3n) is 6.14. The standard InChI is InChI=1S/C25H24Cl2N6O/c1-31-10-12-33(13-11-31)17-8-6-16(7-9-17)29-25-28-14-18-23(34)19(15-32(2)24(18)30-25)22-20(26)4-3-5-21(22)27/h3-9,14-15H,10-13H2,1-2H3,(H,28,29,30). The second-order valence-electron chi connectivity index (χ2n) is 8.47. The number of pyridine rings is 1. The molecular formula is C25H24Cl2N6O. The Morgan fingerprint density at radius 3 is 2.29 bits per heavy atom. The van der Waals surface area contributed by atoms with Gasteiger partial charge in [-0.05, 0) is 43.4 Å². The van der Waals surface area contributed by atoms with Crippen LogP contribution in [0.3, 0.4) is 0 Å². The van der Waals surface area contributed by atoms with Crippen molar-refractivity contribution in [2.45, 2.75) is 0 Å². The van der Waals surface area contributed by atoms with Crippen molar-refractivity contribution in [3.8, 4) is 11.1 Å². The van der Waals surface area contributed by atoms with Crippen LogP contribution in [0.5, 0.6) is 0 Å². The summed E-state index contributed by atoms with van der Waals surface area (Å²) in [5.74, 6) is 0.415. The van der Waals surface area contributed by atoms with Crippen LogP contribution in [0.1, 0.15) is 0 Å². The van der Waals surface area contributed by atoms with Crippen LogP contribution >= 0.6 is 23.2 Å². The average molecular weight is 495 g/mol. The lowest BCUT2D eigenvalue weighted by Crippen LogP contribution is -2.44. The molecule has 9 heteroatoms. The molecule has 0 amide bonds. The number of nitrogens with one attached hydrogen (secondary N) is 1. The van der Waals surface area contributed by atoms with Crippen LogP contribution in [0.4, 0.5) is 17.3 Å². The topological polar surface area (TPSA) is 66.3 Å². The fourth-order valence-corrected chi connectivity index (χ4v) is 4.80. The molecule has 1 aliphatic rings. The van der Waals surface area contributed by atoms with E-state index in [-0.39, 0.29) is 5.43 Å². The summed E-state index contributed by atoms with van der Waals surface area (Å²) in [5.41, 5.74) is 3.30. The number of hydrogen-bond donors (Lipinski definition) is 1. The predicted molar refractivity (Wildman–Crippen MR) is 140 cm³/mol. The molecule has 4 aromatic rings. The quantitative estimate of drug-likeness (QED) is 0.439. The minimum atomic E-state index is -0.217. The Bertz CT molecular complexity index is 1390. The molecule has 3 heterocycles. The smallest absolute Gasteiger partial charge is 0.229 e. The third-order valence-corrected chi connectivity index (χ3v) is 6.77. The second-order valence-corrected chi connectivity index (χ2v) is 9.29. The molecule has 0 bridgehead atoms. The summed E-state index contributed by atoms with van der Waals surface area (Å²) in [4.78, 5) is 26.9. The van der Waals surface area contributed by atoms with Gasteiger partial charge in [-0.25, -0.2) is 4.98 Å². The molecule has 2 aromatic heterocycles. The van der Waals surface area contributed by atoms with Crippen LogP contribution in [0.2, 0.25) is 10.0 Å². The van der Waals surface area contributed by atoms with Gasteiger partial charge in [0.05, 0.1) is 15.4 Å². The number of hydrogen-bond acceptors (Lipinski definition) is 6. The van der Waals surface area contributed by atoms with E-state index < -0.39 is 0 Å². The molecule has 2 aromatic carbocycles. The highest BCUT2D eigenvalue weighted by Gasteiger charge is 2.17. The number of nitrogens with zero attached hydrogens (tertiary/aromatic N) is 5. The minimum absolute atomic E-state index is 0.217. The van der Waals surface area contributed by atoms with Gasteiger partial charge in [0.15, 0.2) is 0 Å². The third kappa shape index (κ3) is 4.34. The van der Waals surface area contributed by atoms with Gasteiger partial charge < -0.3 is 19.7 Å². The lowest BCUT2D eigenvalue weighted by atomic mass is 10.1. The van der Waals surface area contributed by atoms with E-state index in [1.54, 1.807) is 35.2 Å². The first-order chi connectivity index (χ1) is 16.4. The first kappa shape index (κ1) is 22.7. The Morgan fingerprint density at radius 2 is 1.62 bits per heavy atom. The van der Waals surface area contributed by atoms with E-state index >= 15 is 0 Å². The highest BCUT2D eigenvalue weighted by Crippen LogP contribution is 2.33. The molecule has 34 heavy (non-hydrogen) atoms. The molecule has 1 saturated heterocycles. The average Bonchev–Trinajstić information content (AvgIpc) is 2.83. The lowest BCUT2D eigenvalue weighted by Gasteiger charge is -2.34. The summed E-state index contributed by atoms with van der Waals surface area (Å²) in [6.45, 7) is 4.17. The van der Waals surface area contributed by atoms with Crippen molar-refractivity contribution >= 4 is 51.6 Å². The zero-order chi connectivity index (χ0) is 23.8. The SMILES string of the molecule is CN1CCN(c2ccc(Nc3ncc4c(=O)c(-c5c(Cl)cccc5Cl)cn(C)c4n3)cc2)CC1. The van der Waals surface area contributed by atoms with Gasteiger partial charge in [0.25, 0.3) is 0 Å². The largest absolute Gasteiger partial charge is 0.369 e. The predicted octanol–water partition coefficient (Wildman–Crippen LogP) is 4.80. The summed E-state index contributed by atoms with van der Waals surface area (Å²) in [7, 11) is 3.98. The Morgan fingerprint density at radius 1 is 0.941 bits per heavy atom. The maximum atomic E-state index is 13.2. The first-order valence-corrected chi connectivity index (χ1v) is 11.8. The first-order valence-electron chi connectivity index (χ1n) is 11.0. The molecule has 5 rings (SSSR count). The lowest BCUT2D eigenvalue weighted by molar-refractivity contribution is 0.313. The second kappa shape index (κ2) is 9.25. The highest BCUT2D eigenvalue weighted by molar-refractivity contribution is 6.39. The van der Waals surface area contributed by atoms with Gasteiger partial charge in [0, 0.05) is 68.1 Å². The molecule has 0 unspecified atom stereocenters. The van der Waals surface area contributed by atoms with Crippen LogP contribution in [0, 0.1) is 0 Å². The fourth-order valence-electron chi connectivity index (χ4n) is 4.20. The number of halogens is 2. The molecule has 0 radical (unpaired) electrons. The van der Waals surface area contributed by atoms with Gasteiger partial charge in [-0.1, -0.05) is 29.3 Å². The van der Waals surface area contributed by atoms with Crippen molar-refractivity contribution in [1.29, 1.82) is 0 Å². The number of anilines is 3. The Hall–Kier alpha value is -3.13. The molecule has 174 valence electrons. The van der Waals surface area contributed by atoms with E-state index in [9.17, 15) is 4.79 Å². The van der Waals surface area contributed by atoms with Crippen molar-refractivity contribution in [3.05, 3.63) is 75.1 Å². The Balaban J connectivity index is 1.43. The maximum absolute atomic E-state index is 13.2. The summed E-state index contributed by atoms with van der Waals surface area (Å²) in [6, 6.07) is 13.4. The monoisotopic (exact) mass is 494 g/mol. The summed E-state index contributed by atoms with van der Waals surface area (Å²) < 4.78 is 1.79. The number of likely N-dealkylation sites (N-methyl/N-ethyl adjacent to an activating group) is 1. The van der Waals surface area contributed by atoms with Crippen molar-refractivity contribution in [1.82, 2.24) is 19.4 Å². The van der Waals surface area contributed by atoms with Crippen LogP contribution in [0.15, 0.2) is 59.7 Å². The molecule has 1 N–H and O–H groups in total. The van der Waals surface area contributed by atoms with Gasteiger partial charge in [-0.2, -0.15) is 4.98 Å². The van der Waals surface area contributed by atoms with Crippen molar-refractivity contribution < 1.29 is 0 Å². The van der Waals surface area contributed by atoms with E-state index in [0.29, 0.717) is 38.2 Å². The highest BCUT2D eigenvalue weighted by atomic mass is 35.5. The Kier molecular flexibility index (Phi) is 6.16. The van der Waals surface area contributed by atoms with E-state index in [4.69, 9.17) is 23.2 Å². The molecule has 0 aliphatic carbocycles. The molecule has 1 aliphatic heterocycles. The minimum Gasteiger partial charge on any atom is -0.369 e. The summed E-state index contributed by atoms with van der Waals surface area (Å²) in [5, 5.41) is 4.47. The molecule has 0 atom stereocenters. The van der Waals surface area contributed by atoms with Gasteiger partial charge in [0.2, 0.25) is 11.4 Å². The van der Waals surface area contributed by atoms with Gasteiger partial charge in [-0.3, -0.25) is 4.79 Å². The molecule has 0 saturated carbocycles. The molecular weight excluding hydrogens is 471 g/mol. The van der Waals surface area contributed by atoms with Gasteiger partial charge in [0.1, 0.15) is 5.65 Å². The Labute approximate surface area is 207 Å². The van der Waals surface area contributed by atoms with E-state index in [2.05, 4.69) is 44.3 Å². The van der Waals surface area contributed by atoms with Crippen LogP contribution in [-0.2, 0) is 7.05 Å². The number of benzene rings is 2. The van der Waals surface area contributed by atoms with Crippen molar-refractivity contribution in [2.75, 3.05) is 43.4 Å². The zero-order valence-corrected chi connectivity index (χ0v) is 20.4. The normalized spacial score (nSPS) is 14.5. The summed E-state index contributed by atoms with van der Waals surface area (Å²) in [6.07, 6.45) is 3.25. The van der Waals surface area contributed by atoms with E-state index in [1.807, 2.05) is 19.2 Å². The van der Waals surface area contributed by atoms with Gasteiger partial charge >= 0.3 is 0 Å². The molecule has 1 fully saturated rings. The number of rotatable bonds is 4. The number of aromatic nitrogens is 3.